The number of aromatic nitrogens is 2. The molecule has 1 aromatic heterocycles. The molecule has 0 unspecified atom stereocenters. The Kier molecular flexibility index (Phi) is 3.99. The van der Waals surface area contributed by atoms with Gasteiger partial charge in [0.05, 0.1) is 13.2 Å². The van der Waals surface area contributed by atoms with Gasteiger partial charge in [-0.05, 0) is 31.9 Å². The lowest BCUT2D eigenvalue weighted by Gasteiger charge is -2.11. The third kappa shape index (κ3) is 3.12. The summed E-state index contributed by atoms with van der Waals surface area (Å²) in [6.07, 6.45) is 5.93. The van der Waals surface area contributed by atoms with Crippen LogP contribution in [0.4, 0.5) is 0 Å². The van der Waals surface area contributed by atoms with Crippen LogP contribution in [0.5, 0.6) is 11.5 Å². The maximum Gasteiger partial charge on any atom is 0.328 e. The summed E-state index contributed by atoms with van der Waals surface area (Å²) in [5, 5.41) is 0. The van der Waals surface area contributed by atoms with Gasteiger partial charge in [0.25, 0.3) is 0 Å². The minimum atomic E-state index is 0.0548. The maximum absolute atomic E-state index is 12.1. The van der Waals surface area contributed by atoms with Crippen molar-refractivity contribution in [3.8, 4) is 11.5 Å². The van der Waals surface area contributed by atoms with Gasteiger partial charge >= 0.3 is 5.69 Å². The molecule has 1 heterocycles. The Morgan fingerprint density at radius 1 is 1.14 bits per heavy atom. The molecule has 112 valence electrons. The topological polar surface area (TPSA) is 45.4 Å². The van der Waals surface area contributed by atoms with Crippen molar-refractivity contribution in [1.82, 2.24) is 9.13 Å². The lowest BCUT2D eigenvalue weighted by atomic mass is 10.3. The SMILES string of the molecule is CCOc1ccccc1OCCn1ccn(C2CC2)c1=O. The van der Waals surface area contributed by atoms with E-state index < -0.39 is 0 Å². The van der Waals surface area contributed by atoms with E-state index in [-0.39, 0.29) is 5.69 Å². The molecule has 0 N–H and O–H groups in total. The summed E-state index contributed by atoms with van der Waals surface area (Å²) in [7, 11) is 0. The highest BCUT2D eigenvalue weighted by molar-refractivity contribution is 5.39. The van der Waals surface area contributed by atoms with Crippen LogP contribution < -0.4 is 15.2 Å². The number of hydrogen-bond acceptors (Lipinski definition) is 3. The molecule has 0 amide bonds. The van der Waals surface area contributed by atoms with Crippen molar-refractivity contribution in [2.45, 2.75) is 32.4 Å². The van der Waals surface area contributed by atoms with Crippen LogP contribution in [0.2, 0.25) is 0 Å². The fraction of sp³-hybridized carbons (Fsp3) is 0.438. The van der Waals surface area contributed by atoms with Crippen molar-refractivity contribution < 1.29 is 9.47 Å². The smallest absolute Gasteiger partial charge is 0.328 e. The fourth-order valence-electron chi connectivity index (χ4n) is 2.33. The molecule has 0 saturated heterocycles. The highest BCUT2D eigenvalue weighted by Crippen LogP contribution is 2.33. The van der Waals surface area contributed by atoms with E-state index in [9.17, 15) is 4.79 Å². The molecule has 0 aliphatic heterocycles. The third-order valence-electron chi connectivity index (χ3n) is 3.55. The second-order valence-corrected chi connectivity index (χ2v) is 5.14. The zero-order chi connectivity index (χ0) is 14.7. The van der Waals surface area contributed by atoms with Gasteiger partial charge in [-0.1, -0.05) is 12.1 Å². The van der Waals surface area contributed by atoms with E-state index in [1.54, 1.807) is 4.57 Å². The molecule has 0 radical (unpaired) electrons. The van der Waals surface area contributed by atoms with Crippen LogP contribution in [-0.2, 0) is 6.54 Å². The van der Waals surface area contributed by atoms with E-state index in [4.69, 9.17) is 9.47 Å². The molecule has 0 bridgehead atoms. The maximum atomic E-state index is 12.1. The van der Waals surface area contributed by atoms with Gasteiger partial charge in [0.2, 0.25) is 0 Å². The molecular formula is C16H20N2O3. The Bertz CT molecular complexity index is 656. The molecule has 2 aromatic rings. The first kappa shape index (κ1) is 13.8. The van der Waals surface area contributed by atoms with E-state index in [0.29, 0.717) is 31.5 Å². The molecule has 5 heteroatoms. The van der Waals surface area contributed by atoms with Gasteiger partial charge in [-0.25, -0.2) is 4.79 Å². The van der Waals surface area contributed by atoms with Gasteiger partial charge in [0.15, 0.2) is 11.5 Å². The van der Waals surface area contributed by atoms with Gasteiger partial charge < -0.3 is 9.47 Å². The van der Waals surface area contributed by atoms with Crippen molar-refractivity contribution in [2.75, 3.05) is 13.2 Å². The summed E-state index contributed by atoms with van der Waals surface area (Å²) < 4.78 is 14.8. The predicted octanol–water partition coefficient (Wildman–Crippen LogP) is 2.46. The van der Waals surface area contributed by atoms with Crippen LogP contribution in [-0.4, -0.2) is 22.3 Å². The fourth-order valence-corrected chi connectivity index (χ4v) is 2.33. The number of hydrogen-bond donors (Lipinski definition) is 0. The van der Waals surface area contributed by atoms with Crippen molar-refractivity contribution >= 4 is 0 Å². The first-order chi connectivity index (χ1) is 10.3. The standard InChI is InChI=1S/C16H20N2O3/c1-2-20-14-5-3-4-6-15(14)21-12-11-17-9-10-18(16(17)19)13-7-8-13/h3-6,9-10,13H,2,7-8,11-12H2,1H3. The molecule has 5 nitrogen and oxygen atoms in total. The monoisotopic (exact) mass is 288 g/mol. The molecule has 0 spiro atoms. The summed E-state index contributed by atoms with van der Waals surface area (Å²) in [4.78, 5) is 12.1. The minimum absolute atomic E-state index is 0.0548. The molecule has 3 rings (SSSR count). The number of benzene rings is 1. The molecule has 1 aromatic carbocycles. The molecule has 0 atom stereocenters. The Morgan fingerprint density at radius 2 is 1.86 bits per heavy atom. The van der Waals surface area contributed by atoms with Crippen LogP contribution in [0.25, 0.3) is 0 Å². The van der Waals surface area contributed by atoms with Gasteiger partial charge in [0, 0.05) is 18.4 Å². The second kappa shape index (κ2) is 6.08. The Labute approximate surface area is 123 Å². The van der Waals surface area contributed by atoms with E-state index in [0.717, 1.165) is 18.6 Å². The average molecular weight is 288 g/mol. The lowest BCUT2D eigenvalue weighted by Crippen LogP contribution is -2.25. The molecule has 1 aliphatic carbocycles. The second-order valence-electron chi connectivity index (χ2n) is 5.14. The normalized spacial score (nSPS) is 14.1. The summed E-state index contributed by atoms with van der Waals surface area (Å²) >= 11 is 0. The van der Waals surface area contributed by atoms with Gasteiger partial charge in [-0.3, -0.25) is 9.13 Å². The number of para-hydroxylation sites is 2. The summed E-state index contributed by atoms with van der Waals surface area (Å²) in [6.45, 7) is 3.53. The Hall–Kier alpha value is -2.17. The summed E-state index contributed by atoms with van der Waals surface area (Å²) in [5.74, 6) is 1.46. The molecule has 1 fully saturated rings. The van der Waals surface area contributed by atoms with Gasteiger partial charge in [-0.15, -0.1) is 0 Å². The largest absolute Gasteiger partial charge is 0.490 e. The zero-order valence-corrected chi connectivity index (χ0v) is 12.2. The quantitative estimate of drug-likeness (QED) is 0.786. The molecule has 1 saturated carbocycles. The van der Waals surface area contributed by atoms with Crippen molar-refractivity contribution in [3.63, 3.8) is 0 Å². The van der Waals surface area contributed by atoms with Gasteiger partial charge in [0.1, 0.15) is 6.61 Å². The first-order valence-electron chi connectivity index (χ1n) is 7.41. The lowest BCUT2D eigenvalue weighted by molar-refractivity contribution is 0.265. The molecule has 1 aliphatic rings. The third-order valence-corrected chi connectivity index (χ3v) is 3.55. The van der Waals surface area contributed by atoms with Gasteiger partial charge in [-0.2, -0.15) is 0 Å². The van der Waals surface area contributed by atoms with Crippen molar-refractivity contribution in [1.29, 1.82) is 0 Å². The van der Waals surface area contributed by atoms with E-state index in [1.165, 1.54) is 0 Å². The minimum Gasteiger partial charge on any atom is -0.490 e. The highest BCUT2D eigenvalue weighted by atomic mass is 16.5. The number of imidazole rings is 1. The van der Waals surface area contributed by atoms with E-state index in [1.807, 2.05) is 48.1 Å². The van der Waals surface area contributed by atoms with Crippen LogP contribution in [0, 0.1) is 0 Å². The Balaban J connectivity index is 1.60. The molecule has 21 heavy (non-hydrogen) atoms. The molecular weight excluding hydrogens is 268 g/mol. The van der Waals surface area contributed by atoms with E-state index >= 15 is 0 Å². The highest BCUT2D eigenvalue weighted by Gasteiger charge is 2.25. The number of nitrogens with zero attached hydrogens (tertiary/aromatic N) is 2. The number of rotatable bonds is 7. The first-order valence-corrected chi connectivity index (χ1v) is 7.41. The van der Waals surface area contributed by atoms with Crippen LogP contribution in [0.3, 0.4) is 0 Å². The zero-order valence-electron chi connectivity index (χ0n) is 12.2. The van der Waals surface area contributed by atoms with Crippen LogP contribution in [0.15, 0.2) is 41.5 Å². The Morgan fingerprint density at radius 3 is 2.52 bits per heavy atom. The summed E-state index contributed by atoms with van der Waals surface area (Å²) in [6, 6.07) is 8.00. The van der Waals surface area contributed by atoms with Crippen LogP contribution >= 0.6 is 0 Å². The van der Waals surface area contributed by atoms with Crippen molar-refractivity contribution in [3.05, 3.63) is 47.1 Å². The van der Waals surface area contributed by atoms with Crippen molar-refractivity contribution in [2.24, 2.45) is 0 Å². The summed E-state index contributed by atoms with van der Waals surface area (Å²) in [5.41, 5.74) is 0.0548. The van der Waals surface area contributed by atoms with Crippen LogP contribution in [0.1, 0.15) is 25.8 Å². The van der Waals surface area contributed by atoms with E-state index in [2.05, 4.69) is 0 Å². The average Bonchev–Trinajstić information content (AvgIpc) is 3.27. The number of ether oxygens (including phenoxy) is 2. The predicted molar refractivity (Wildman–Crippen MR) is 80.1 cm³/mol.